The van der Waals surface area contributed by atoms with E-state index in [1.165, 1.54) is 0 Å². The van der Waals surface area contributed by atoms with E-state index in [1.807, 2.05) is 20.8 Å². The highest BCUT2D eigenvalue weighted by Crippen LogP contribution is 2.39. The minimum atomic E-state index is -0.535. The van der Waals surface area contributed by atoms with Crippen molar-refractivity contribution in [3.63, 3.8) is 0 Å². The number of amides is 1. The number of halogens is 1. The van der Waals surface area contributed by atoms with Gasteiger partial charge in [0.05, 0.1) is 17.7 Å². The van der Waals surface area contributed by atoms with Crippen LogP contribution in [0.2, 0.25) is 0 Å². The molecule has 20 heavy (non-hydrogen) atoms. The largest absolute Gasteiger partial charge is 0.489 e. The summed E-state index contributed by atoms with van der Waals surface area (Å²) in [7, 11) is 0. The van der Waals surface area contributed by atoms with Gasteiger partial charge in [0.2, 0.25) is 0 Å². The molecule has 0 saturated heterocycles. The Morgan fingerprint density at radius 2 is 2.00 bits per heavy atom. The molecule has 110 valence electrons. The van der Waals surface area contributed by atoms with E-state index in [0.29, 0.717) is 30.4 Å². The summed E-state index contributed by atoms with van der Waals surface area (Å²) in [5.41, 5.74) is 0.0578. The fourth-order valence-corrected chi connectivity index (χ4v) is 2.28. The van der Waals surface area contributed by atoms with Gasteiger partial charge in [0.1, 0.15) is 5.60 Å². The second-order valence-electron chi connectivity index (χ2n) is 5.46. The first kappa shape index (κ1) is 15.0. The summed E-state index contributed by atoms with van der Waals surface area (Å²) >= 11 is 3.42. The summed E-state index contributed by atoms with van der Waals surface area (Å²) in [6.07, 6.45) is 0.328. The van der Waals surface area contributed by atoms with Gasteiger partial charge in [-0.05, 0) is 42.8 Å². The van der Waals surface area contributed by atoms with Crippen LogP contribution in [0.5, 0.6) is 11.5 Å². The summed E-state index contributed by atoms with van der Waals surface area (Å²) in [4.78, 5) is 11.8. The fourth-order valence-electron chi connectivity index (χ4n) is 1.72. The first-order chi connectivity index (χ1) is 9.35. The molecule has 1 aromatic rings. The molecule has 1 amide bonds. The number of rotatable bonds is 1. The molecular weight excluding hydrogens is 326 g/mol. The molecule has 0 fully saturated rings. The lowest BCUT2D eigenvalue weighted by molar-refractivity contribution is 0.0636. The summed E-state index contributed by atoms with van der Waals surface area (Å²) in [5.74, 6) is 1.28. The van der Waals surface area contributed by atoms with E-state index in [0.717, 1.165) is 10.9 Å². The van der Waals surface area contributed by atoms with Gasteiger partial charge in [-0.1, -0.05) is 0 Å². The Hall–Kier alpha value is -1.43. The Labute approximate surface area is 126 Å². The molecule has 0 bridgehead atoms. The molecule has 0 spiro atoms. The van der Waals surface area contributed by atoms with E-state index < -0.39 is 11.7 Å². The van der Waals surface area contributed by atoms with Crippen LogP contribution in [0.4, 0.5) is 10.5 Å². The average Bonchev–Trinajstić information content (AvgIpc) is 2.51. The van der Waals surface area contributed by atoms with Crippen molar-refractivity contribution >= 4 is 27.7 Å². The topological polar surface area (TPSA) is 56.8 Å². The minimum absolute atomic E-state index is 0.501. The maximum Gasteiger partial charge on any atom is 0.412 e. The SMILES string of the molecule is CC(C)(C)OC(=O)Nc1cc(Br)c2c(c1)OCCCO2. The van der Waals surface area contributed by atoms with Crippen LogP contribution in [0.15, 0.2) is 16.6 Å². The zero-order valence-electron chi connectivity index (χ0n) is 11.8. The Balaban J connectivity index is 2.15. The molecule has 1 heterocycles. The number of anilines is 1. The Morgan fingerprint density at radius 1 is 1.30 bits per heavy atom. The number of ether oxygens (including phenoxy) is 3. The predicted molar refractivity (Wildman–Crippen MR) is 79.6 cm³/mol. The van der Waals surface area contributed by atoms with Gasteiger partial charge in [-0.25, -0.2) is 4.79 Å². The molecular formula is C14H18BrNO4. The Bertz CT molecular complexity index is 511. The average molecular weight is 344 g/mol. The third-order valence-electron chi connectivity index (χ3n) is 2.45. The van der Waals surface area contributed by atoms with Gasteiger partial charge in [-0.2, -0.15) is 0 Å². The summed E-state index contributed by atoms with van der Waals surface area (Å²) < 4.78 is 17.2. The third kappa shape index (κ3) is 4.03. The molecule has 0 saturated carbocycles. The standard InChI is InChI=1S/C14H18BrNO4/c1-14(2,3)20-13(17)16-9-7-10(15)12-11(8-9)18-5-4-6-19-12/h7-8H,4-6H2,1-3H3,(H,16,17). The fraction of sp³-hybridized carbons (Fsp3) is 0.500. The zero-order valence-corrected chi connectivity index (χ0v) is 13.4. The van der Waals surface area contributed by atoms with Gasteiger partial charge in [0, 0.05) is 18.2 Å². The lowest BCUT2D eigenvalue weighted by atomic mass is 10.2. The quantitative estimate of drug-likeness (QED) is 0.838. The highest BCUT2D eigenvalue weighted by Gasteiger charge is 2.19. The zero-order chi connectivity index (χ0) is 14.8. The lowest BCUT2D eigenvalue weighted by Gasteiger charge is -2.20. The number of fused-ring (bicyclic) bond motifs is 1. The number of nitrogens with one attached hydrogen (secondary N) is 1. The van der Waals surface area contributed by atoms with Crippen LogP contribution < -0.4 is 14.8 Å². The molecule has 0 radical (unpaired) electrons. The normalized spacial score (nSPS) is 14.4. The number of hydrogen-bond acceptors (Lipinski definition) is 4. The maximum atomic E-state index is 11.8. The molecule has 2 rings (SSSR count). The van der Waals surface area contributed by atoms with Crippen molar-refractivity contribution in [2.45, 2.75) is 32.8 Å². The van der Waals surface area contributed by atoms with Gasteiger partial charge in [-0.15, -0.1) is 0 Å². The van der Waals surface area contributed by atoms with Crippen LogP contribution >= 0.6 is 15.9 Å². The molecule has 1 aliphatic rings. The minimum Gasteiger partial charge on any atom is -0.489 e. The molecule has 1 aliphatic heterocycles. The predicted octanol–water partition coefficient (Wildman–Crippen LogP) is 3.96. The second-order valence-corrected chi connectivity index (χ2v) is 6.32. The molecule has 5 nitrogen and oxygen atoms in total. The molecule has 6 heteroatoms. The summed E-state index contributed by atoms with van der Waals surface area (Å²) in [5, 5.41) is 2.68. The number of carbonyl (C=O) groups excluding carboxylic acids is 1. The molecule has 0 atom stereocenters. The highest BCUT2D eigenvalue weighted by molar-refractivity contribution is 9.10. The first-order valence-corrected chi connectivity index (χ1v) is 7.23. The van der Waals surface area contributed by atoms with E-state index in [9.17, 15) is 4.79 Å². The van der Waals surface area contributed by atoms with Crippen LogP contribution in [-0.2, 0) is 4.74 Å². The van der Waals surface area contributed by atoms with E-state index in [1.54, 1.807) is 12.1 Å². The van der Waals surface area contributed by atoms with Gasteiger partial charge in [0.25, 0.3) is 0 Å². The van der Waals surface area contributed by atoms with Gasteiger partial charge >= 0.3 is 6.09 Å². The molecule has 0 unspecified atom stereocenters. The van der Waals surface area contributed by atoms with Crippen LogP contribution in [0.3, 0.4) is 0 Å². The van der Waals surface area contributed by atoms with Crippen molar-refractivity contribution in [1.29, 1.82) is 0 Å². The summed E-state index contributed by atoms with van der Waals surface area (Å²) in [6.45, 7) is 6.66. The monoisotopic (exact) mass is 343 g/mol. The van der Waals surface area contributed by atoms with Crippen molar-refractivity contribution in [2.24, 2.45) is 0 Å². The van der Waals surface area contributed by atoms with Crippen LogP contribution in [0.25, 0.3) is 0 Å². The van der Waals surface area contributed by atoms with Crippen molar-refractivity contribution in [2.75, 3.05) is 18.5 Å². The van der Waals surface area contributed by atoms with Gasteiger partial charge < -0.3 is 14.2 Å². The number of carbonyl (C=O) groups is 1. The smallest absolute Gasteiger partial charge is 0.412 e. The van der Waals surface area contributed by atoms with Gasteiger partial charge in [0.15, 0.2) is 11.5 Å². The van der Waals surface area contributed by atoms with Crippen molar-refractivity contribution < 1.29 is 19.0 Å². The van der Waals surface area contributed by atoms with Crippen LogP contribution in [-0.4, -0.2) is 24.9 Å². The van der Waals surface area contributed by atoms with E-state index in [-0.39, 0.29) is 0 Å². The van der Waals surface area contributed by atoms with E-state index >= 15 is 0 Å². The number of hydrogen-bond donors (Lipinski definition) is 1. The second kappa shape index (κ2) is 5.91. The third-order valence-corrected chi connectivity index (χ3v) is 3.04. The van der Waals surface area contributed by atoms with Crippen molar-refractivity contribution in [1.82, 2.24) is 0 Å². The van der Waals surface area contributed by atoms with E-state index in [4.69, 9.17) is 14.2 Å². The van der Waals surface area contributed by atoms with Crippen molar-refractivity contribution in [3.8, 4) is 11.5 Å². The van der Waals surface area contributed by atoms with Crippen LogP contribution in [0, 0.1) is 0 Å². The first-order valence-electron chi connectivity index (χ1n) is 6.44. The molecule has 0 aliphatic carbocycles. The Morgan fingerprint density at radius 3 is 2.70 bits per heavy atom. The van der Waals surface area contributed by atoms with Crippen LogP contribution in [0.1, 0.15) is 27.2 Å². The molecule has 1 N–H and O–H groups in total. The molecule has 1 aromatic carbocycles. The maximum absolute atomic E-state index is 11.8. The highest BCUT2D eigenvalue weighted by atomic mass is 79.9. The Kier molecular flexibility index (Phi) is 4.42. The molecule has 0 aromatic heterocycles. The van der Waals surface area contributed by atoms with E-state index in [2.05, 4.69) is 21.2 Å². The van der Waals surface area contributed by atoms with Crippen molar-refractivity contribution in [3.05, 3.63) is 16.6 Å². The summed E-state index contributed by atoms with van der Waals surface area (Å²) in [6, 6.07) is 3.49. The number of benzene rings is 1. The lowest BCUT2D eigenvalue weighted by Crippen LogP contribution is -2.27. The van der Waals surface area contributed by atoms with Gasteiger partial charge in [-0.3, -0.25) is 5.32 Å².